The molecule has 0 fully saturated rings. The van der Waals surface area contributed by atoms with E-state index < -0.39 is 13.9 Å². The Morgan fingerprint density at radius 2 is 1.11 bits per heavy atom. The van der Waals surface area contributed by atoms with Gasteiger partial charge in [0.05, 0.1) is 19.8 Å². The van der Waals surface area contributed by atoms with Crippen molar-refractivity contribution >= 4 is 13.8 Å². The van der Waals surface area contributed by atoms with Gasteiger partial charge in [-0.2, -0.15) is 0 Å². The lowest BCUT2D eigenvalue weighted by atomic mass is 10.1. The molecule has 0 aliphatic heterocycles. The molecule has 0 saturated carbocycles. The number of ether oxygens (including phenoxy) is 2. The summed E-state index contributed by atoms with van der Waals surface area (Å²) in [5.74, 6) is -0.339. The lowest BCUT2D eigenvalue weighted by Gasteiger charge is -2.20. The largest absolute Gasteiger partial charge is 0.472 e. The van der Waals surface area contributed by atoms with Crippen molar-refractivity contribution in [3.8, 4) is 0 Å². The first kappa shape index (κ1) is 44.2. The maximum Gasteiger partial charge on any atom is 0.472 e. The smallest absolute Gasteiger partial charge is 0.457 e. The lowest BCUT2D eigenvalue weighted by Crippen LogP contribution is -2.28. The van der Waals surface area contributed by atoms with Crippen LogP contribution in [0.25, 0.3) is 0 Å². The van der Waals surface area contributed by atoms with Crippen molar-refractivity contribution < 1.29 is 32.8 Å². The van der Waals surface area contributed by atoms with Crippen LogP contribution in [-0.2, 0) is 27.9 Å². The van der Waals surface area contributed by atoms with Crippen LogP contribution >= 0.6 is 7.82 Å². The van der Waals surface area contributed by atoms with Gasteiger partial charge in [-0.05, 0) is 38.5 Å². The number of hydrogen-bond donors (Lipinski definition) is 2. The van der Waals surface area contributed by atoms with Gasteiger partial charge < -0.3 is 20.1 Å². The van der Waals surface area contributed by atoms with Gasteiger partial charge in [0.2, 0.25) is 0 Å². The number of hydrogen-bond acceptors (Lipinski definition) is 7. The van der Waals surface area contributed by atoms with Crippen LogP contribution in [0, 0.1) is 0 Å². The summed E-state index contributed by atoms with van der Waals surface area (Å²) >= 11 is 0. The average Bonchev–Trinajstić information content (AvgIpc) is 3.03. The Morgan fingerprint density at radius 3 is 1.62 bits per heavy atom. The first-order valence-corrected chi connectivity index (χ1v) is 20.2. The highest BCUT2D eigenvalue weighted by Gasteiger charge is 2.25. The first-order chi connectivity index (χ1) is 21.9. The third-order valence-corrected chi connectivity index (χ3v) is 8.92. The van der Waals surface area contributed by atoms with E-state index in [0.29, 0.717) is 13.0 Å². The summed E-state index contributed by atoms with van der Waals surface area (Å²) in [6.45, 7) is 4.86. The molecule has 0 radical (unpaired) electrons. The molecule has 2 unspecified atom stereocenters. The van der Waals surface area contributed by atoms with Gasteiger partial charge in [0, 0.05) is 19.6 Å². The second-order valence-electron chi connectivity index (χ2n) is 12.4. The monoisotopic (exact) mass is 662 g/mol. The number of phosphoric ester groups is 1. The molecule has 9 heteroatoms. The number of unbranched alkanes of at least 4 members (excludes halogenated alkanes) is 21. The van der Waals surface area contributed by atoms with Crippen molar-refractivity contribution in [2.24, 2.45) is 5.73 Å². The van der Waals surface area contributed by atoms with Crippen LogP contribution in [0.1, 0.15) is 174 Å². The van der Waals surface area contributed by atoms with Gasteiger partial charge in [-0.3, -0.25) is 13.8 Å². The standard InChI is InChI=1S/C36H72NO7P/c1-3-5-7-9-11-12-13-14-15-16-17-18-19-20-21-22-23-24-26-28-31-41-33-35(34-43-45(39,40)42-32-30-37)44-36(38)29-27-25-10-8-6-4-2/h14-15,35H,3-13,16-34,37H2,1-2H3,(H,39,40)/b15-14-. The third-order valence-electron chi connectivity index (χ3n) is 7.93. The van der Waals surface area contributed by atoms with Crippen molar-refractivity contribution in [3.63, 3.8) is 0 Å². The van der Waals surface area contributed by atoms with Crippen LogP contribution in [-0.4, -0.2) is 49.9 Å². The van der Waals surface area contributed by atoms with E-state index in [-0.39, 0.29) is 32.3 Å². The summed E-state index contributed by atoms with van der Waals surface area (Å²) in [6, 6.07) is 0. The van der Waals surface area contributed by atoms with Crippen LogP contribution in [0.2, 0.25) is 0 Å². The van der Waals surface area contributed by atoms with E-state index in [1.54, 1.807) is 0 Å². The Bertz CT molecular complexity index is 707. The van der Waals surface area contributed by atoms with E-state index in [1.165, 1.54) is 122 Å². The van der Waals surface area contributed by atoms with Crippen molar-refractivity contribution in [1.82, 2.24) is 0 Å². The molecule has 45 heavy (non-hydrogen) atoms. The minimum Gasteiger partial charge on any atom is -0.457 e. The summed E-state index contributed by atoms with van der Waals surface area (Å²) < 4.78 is 33.1. The summed E-state index contributed by atoms with van der Waals surface area (Å²) in [7, 11) is -4.25. The van der Waals surface area contributed by atoms with E-state index >= 15 is 0 Å². The summed E-state index contributed by atoms with van der Waals surface area (Å²) in [4.78, 5) is 22.1. The maximum atomic E-state index is 12.3. The number of esters is 1. The van der Waals surface area contributed by atoms with Crippen LogP contribution in [0.15, 0.2) is 12.2 Å². The zero-order chi connectivity index (χ0) is 33.1. The molecule has 0 saturated heterocycles. The van der Waals surface area contributed by atoms with Gasteiger partial charge >= 0.3 is 13.8 Å². The zero-order valence-electron chi connectivity index (χ0n) is 29.4. The van der Waals surface area contributed by atoms with Gasteiger partial charge in [0.25, 0.3) is 0 Å². The molecule has 0 bridgehead atoms. The molecule has 0 heterocycles. The minimum absolute atomic E-state index is 0.0932. The molecule has 0 spiro atoms. The minimum atomic E-state index is -4.25. The Kier molecular flexibility index (Phi) is 34.0. The fourth-order valence-electron chi connectivity index (χ4n) is 5.17. The Labute approximate surface area is 277 Å². The molecule has 268 valence electrons. The molecule has 3 N–H and O–H groups in total. The molecular formula is C36H72NO7P. The first-order valence-electron chi connectivity index (χ1n) is 18.7. The zero-order valence-corrected chi connectivity index (χ0v) is 30.3. The van der Waals surface area contributed by atoms with Crippen LogP contribution in [0.5, 0.6) is 0 Å². The van der Waals surface area contributed by atoms with Gasteiger partial charge in [-0.1, -0.05) is 142 Å². The molecule has 0 aliphatic rings. The average molecular weight is 662 g/mol. The quantitative estimate of drug-likeness (QED) is 0.0295. The number of carbonyl (C=O) groups is 1. The van der Waals surface area contributed by atoms with E-state index in [9.17, 15) is 14.3 Å². The van der Waals surface area contributed by atoms with E-state index in [1.807, 2.05) is 0 Å². The summed E-state index contributed by atoms with van der Waals surface area (Å²) in [5, 5.41) is 0. The fourth-order valence-corrected chi connectivity index (χ4v) is 5.93. The molecule has 0 aromatic rings. The molecule has 0 aromatic heterocycles. The van der Waals surface area contributed by atoms with Crippen molar-refractivity contribution in [3.05, 3.63) is 12.2 Å². The van der Waals surface area contributed by atoms with E-state index in [2.05, 4.69) is 26.0 Å². The fraction of sp³-hybridized carbons (Fsp3) is 0.917. The van der Waals surface area contributed by atoms with Gasteiger partial charge in [-0.25, -0.2) is 4.57 Å². The molecule has 0 aliphatic carbocycles. The second kappa shape index (κ2) is 34.6. The van der Waals surface area contributed by atoms with Gasteiger partial charge in [0.1, 0.15) is 6.10 Å². The second-order valence-corrected chi connectivity index (χ2v) is 13.9. The number of rotatable bonds is 36. The number of carbonyl (C=O) groups excluding carboxylic acids is 1. The van der Waals surface area contributed by atoms with Crippen LogP contribution < -0.4 is 5.73 Å². The van der Waals surface area contributed by atoms with Crippen molar-refractivity contribution in [2.75, 3.05) is 33.0 Å². The highest BCUT2D eigenvalue weighted by molar-refractivity contribution is 7.47. The summed E-state index contributed by atoms with van der Waals surface area (Å²) in [6.07, 6.45) is 34.0. The highest BCUT2D eigenvalue weighted by atomic mass is 31.2. The SMILES string of the molecule is CCCCCCCC/C=C\CCCCCCCCCCCCOCC(COP(=O)(O)OCCN)OC(=O)CCCCCCCC. The van der Waals surface area contributed by atoms with Gasteiger partial charge in [-0.15, -0.1) is 0 Å². The Balaban J connectivity index is 3.88. The number of nitrogens with two attached hydrogens (primary N) is 1. The summed E-state index contributed by atoms with van der Waals surface area (Å²) in [5.41, 5.74) is 5.33. The van der Waals surface area contributed by atoms with Crippen molar-refractivity contribution in [2.45, 2.75) is 180 Å². The van der Waals surface area contributed by atoms with E-state index in [4.69, 9.17) is 24.3 Å². The van der Waals surface area contributed by atoms with Crippen molar-refractivity contribution in [1.29, 1.82) is 0 Å². The van der Waals surface area contributed by atoms with Crippen LogP contribution in [0.4, 0.5) is 0 Å². The Morgan fingerprint density at radius 1 is 0.644 bits per heavy atom. The molecular weight excluding hydrogens is 589 g/mol. The normalized spacial score (nSPS) is 13.8. The molecule has 0 amide bonds. The predicted octanol–water partition coefficient (Wildman–Crippen LogP) is 10.4. The molecule has 8 nitrogen and oxygen atoms in total. The molecule has 0 aromatic carbocycles. The third kappa shape index (κ3) is 34.4. The lowest BCUT2D eigenvalue weighted by molar-refractivity contribution is -0.154. The number of allylic oxidation sites excluding steroid dienone is 2. The Hall–Kier alpha value is -0.760. The van der Waals surface area contributed by atoms with Crippen LogP contribution in [0.3, 0.4) is 0 Å². The molecule has 0 rings (SSSR count). The highest BCUT2D eigenvalue weighted by Crippen LogP contribution is 2.43. The topological polar surface area (TPSA) is 117 Å². The maximum absolute atomic E-state index is 12.3. The van der Waals surface area contributed by atoms with Gasteiger partial charge in [0.15, 0.2) is 0 Å². The number of phosphoric acid groups is 1. The predicted molar refractivity (Wildman–Crippen MR) is 187 cm³/mol. The van der Waals surface area contributed by atoms with E-state index in [0.717, 1.165) is 32.1 Å². The molecule has 2 atom stereocenters.